The van der Waals surface area contributed by atoms with Gasteiger partial charge in [0.25, 0.3) is 0 Å². The van der Waals surface area contributed by atoms with Gasteiger partial charge in [0.1, 0.15) is 6.07 Å². The van der Waals surface area contributed by atoms with E-state index in [1.165, 1.54) is 0 Å². The van der Waals surface area contributed by atoms with Crippen LogP contribution in [0.2, 0.25) is 0 Å². The number of ketones is 2. The van der Waals surface area contributed by atoms with Crippen LogP contribution in [0.15, 0.2) is 23.3 Å². The number of hydrogen-bond donors (Lipinski definition) is 0. The van der Waals surface area contributed by atoms with Gasteiger partial charge in [0.05, 0.1) is 11.0 Å². The summed E-state index contributed by atoms with van der Waals surface area (Å²) in [6.45, 7) is 8.86. The molecular formula is C28H33NO4. The second kappa shape index (κ2) is 6.06. The molecule has 7 unspecified atom stereocenters. The topological polar surface area (TPSA) is 84.2 Å². The Balaban J connectivity index is 1.54. The van der Waals surface area contributed by atoms with Crippen molar-refractivity contribution in [3.8, 4) is 6.07 Å². The molecule has 0 amide bonds. The molecule has 0 aromatic rings. The van der Waals surface area contributed by atoms with Crippen molar-refractivity contribution in [1.82, 2.24) is 0 Å². The van der Waals surface area contributed by atoms with Gasteiger partial charge in [-0.05, 0) is 67.8 Å². The van der Waals surface area contributed by atoms with Gasteiger partial charge < -0.3 is 4.74 Å². The summed E-state index contributed by atoms with van der Waals surface area (Å²) in [7, 11) is 0. The number of rotatable bonds is 0. The highest BCUT2D eigenvalue weighted by molar-refractivity contribution is 6.05. The lowest BCUT2D eigenvalue weighted by Crippen LogP contribution is -2.65. The first kappa shape index (κ1) is 21.3. The Hall–Kier alpha value is -2.22. The molecule has 2 bridgehead atoms. The minimum absolute atomic E-state index is 0.0506. The first-order chi connectivity index (χ1) is 15.4. The van der Waals surface area contributed by atoms with E-state index in [-0.39, 0.29) is 51.7 Å². The van der Waals surface area contributed by atoms with Gasteiger partial charge in [0.15, 0.2) is 17.2 Å². The van der Waals surface area contributed by atoms with E-state index in [1.807, 2.05) is 6.08 Å². The van der Waals surface area contributed by atoms with Crippen LogP contribution in [0, 0.1) is 50.7 Å². The molecule has 4 fully saturated rings. The number of nitrogens with zero attached hydrogens (tertiary/aromatic N) is 1. The van der Waals surface area contributed by atoms with Crippen LogP contribution < -0.4 is 0 Å². The molecule has 7 atom stereocenters. The molecule has 0 aromatic carbocycles. The van der Waals surface area contributed by atoms with Gasteiger partial charge in [0.2, 0.25) is 0 Å². The van der Waals surface area contributed by atoms with Crippen molar-refractivity contribution < 1.29 is 19.1 Å². The monoisotopic (exact) mass is 447 g/mol. The summed E-state index contributed by atoms with van der Waals surface area (Å²) in [6.07, 6.45) is 10.0. The molecule has 0 radical (unpaired) electrons. The van der Waals surface area contributed by atoms with Gasteiger partial charge in [-0.1, -0.05) is 39.3 Å². The Kier molecular flexibility index (Phi) is 3.92. The van der Waals surface area contributed by atoms with Crippen LogP contribution in [0.1, 0.15) is 79.1 Å². The first-order valence-corrected chi connectivity index (χ1v) is 12.6. The molecule has 6 aliphatic rings. The van der Waals surface area contributed by atoms with Crippen LogP contribution in [-0.4, -0.2) is 23.1 Å². The van der Waals surface area contributed by atoms with E-state index in [2.05, 4.69) is 33.8 Å². The Morgan fingerprint density at radius 1 is 1.00 bits per heavy atom. The zero-order valence-corrected chi connectivity index (χ0v) is 20.1. The van der Waals surface area contributed by atoms with E-state index >= 15 is 0 Å². The Morgan fingerprint density at radius 2 is 1.76 bits per heavy atom. The molecule has 174 valence electrons. The number of carbonyl (C=O) groups is 3. The fourth-order valence-electron chi connectivity index (χ4n) is 9.22. The van der Waals surface area contributed by atoms with Crippen LogP contribution in [0.25, 0.3) is 0 Å². The molecule has 0 N–H and O–H groups in total. The van der Waals surface area contributed by atoms with Crippen LogP contribution >= 0.6 is 0 Å². The fourth-order valence-corrected chi connectivity index (χ4v) is 9.22. The number of fused-ring (bicyclic) bond motifs is 4. The minimum atomic E-state index is -1.05. The van der Waals surface area contributed by atoms with E-state index in [4.69, 9.17) is 4.74 Å². The second-order valence-corrected chi connectivity index (χ2v) is 13.0. The molecule has 33 heavy (non-hydrogen) atoms. The fraction of sp³-hybridized carbons (Fsp3) is 0.714. The quantitative estimate of drug-likeness (QED) is 0.495. The smallest absolute Gasteiger partial charge is 0.313 e. The highest BCUT2D eigenvalue weighted by Gasteiger charge is 2.77. The predicted molar refractivity (Wildman–Crippen MR) is 120 cm³/mol. The van der Waals surface area contributed by atoms with Gasteiger partial charge in [-0.25, -0.2) is 0 Å². The third-order valence-electron chi connectivity index (χ3n) is 11.0. The number of allylic oxidation sites excluding steroid dienone is 3. The summed E-state index contributed by atoms with van der Waals surface area (Å²) in [5, 5.41) is 9.57. The van der Waals surface area contributed by atoms with Crippen LogP contribution in [0.5, 0.6) is 0 Å². The van der Waals surface area contributed by atoms with Crippen molar-refractivity contribution in [2.24, 2.45) is 39.4 Å². The van der Waals surface area contributed by atoms with Crippen LogP contribution in [0.4, 0.5) is 0 Å². The molecule has 1 heterocycles. The van der Waals surface area contributed by atoms with Crippen molar-refractivity contribution in [3.63, 3.8) is 0 Å². The Morgan fingerprint density at radius 3 is 2.48 bits per heavy atom. The van der Waals surface area contributed by atoms with Crippen molar-refractivity contribution in [2.75, 3.05) is 0 Å². The highest BCUT2D eigenvalue weighted by atomic mass is 16.6. The maximum absolute atomic E-state index is 14.1. The number of carbonyl (C=O) groups excluding carboxylic acids is 3. The zero-order chi connectivity index (χ0) is 23.6. The predicted octanol–water partition coefficient (Wildman–Crippen LogP) is 4.86. The summed E-state index contributed by atoms with van der Waals surface area (Å²) >= 11 is 0. The van der Waals surface area contributed by atoms with Gasteiger partial charge in [-0.2, -0.15) is 5.26 Å². The summed E-state index contributed by atoms with van der Waals surface area (Å²) in [4.78, 5) is 40.0. The van der Waals surface area contributed by atoms with Gasteiger partial charge in [0, 0.05) is 23.7 Å². The van der Waals surface area contributed by atoms with Crippen LogP contribution in [-0.2, 0) is 19.1 Å². The normalized spacial score (nSPS) is 49.4. The van der Waals surface area contributed by atoms with Crippen molar-refractivity contribution in [3.05, 3.63) is 23.3 Å². The molecule has 1 saturated heterocycles. The maximum atomic E-state index is 14.1. The van der Waals surface area contributed by atoms with Crippen molar-refractivity contribution in [2.45, 2.75) is 84.7 Å². The zero-order valence-electron chi connectivity index (χ0n) is 20.1. The minimum Gasteiger partial charge on any atom is -0.450 e. The number of nitriles is 1. The van der Waals surface area contributed by atoms with Gasteiger partial charge in [-0.15, -0.1) is 0 Å². The highest BCUT2D eigenvalue weighted by Crippen LogP contribution is 2.73. The van der Waals surface area contributed by atoms with Gasteiger partial charge in [-0.3, -0.25) is 14.4 Å². The third kappa shape index (κ3) is 2.31. The molecule has 1 aliphatic heterocycles. The van der Waals surface area contributed by atoms with E-state index in [0.717, 1.165) is 50.5 Å². The lowest BCUT2D eigenvalue weighted by atomic mass is 9.39. The van der Waals surface area contributed by atoms with E-state index in [9.17, 15) is 19.6 Å². The van der Waals surface area contributed by atoms with E-state index in [1.54, 1.807) is 6.08 Å². The summed E-state index contributed by atoms with van der Waals surface area (Å²) in [5.41, 5.74) is -0.995. The first-order valence-electron chi connectivity index (χ1n) is 12.6. The van der Waals surface area contributed by atoms with E-state index in [0.29, 0.717) is 6.42 Å². The Labute approximate surface area is 195 Å². The maximum Gasteiger partial charge on any atom is 0.313 e. The molecule has 5 heteroatoms. The van der Waals surface area contributed by atoms with Gasteiger partial charge >= 0.3 is 5.97 Å². The summed E-state index contributed by atoms with van der Waals surface area (Å²) in [6, 6.07) is 2.09. The largest absolute Gasteiger partial charge is 0.450 e. The molecule has 3 saturated carbocycles. The average molecular weight is 448 g/mol. The summed E-state index contributed by atoms with van der Waals surface area (Å²) in [5.74, 6) is -0.293. The molecule has 6 rings (SSSR count). The molecule has 5 nitrogen and oxygen atoms in total. The number of esters is 1. The molecule has 5 aliphatic carbocycles. The standard InChI is InChI=1S/C28H33NO4/c1-24(2)9-10-27-8-6-19-25(3)7-5-17-11-18(30)16(15-29)13-26(17,4)20(25)12-22(31)28(19,21(27)14-24)33-23(27)32/h12-13,17,19,21H,5-11,14H2,1-4H3. The Bertz CT molecular complexity index is 1120. The average Bonchev–Trinajstić information content (AvgIpc) is 2.89. The molecule has 1 spiro atoms. The molecule has 0 aromatic heterocycles. The third-order valence-corrected chi connectivity index (χ3v) is 11.0. The molecular weight excluding hydrogens is 414 g/mol. The van der Waals surface area contributed by atoms with Crippen molar-refractivity contribution in [1.29, 1.82) is 5.26 Å². The van der Waals surface area contributed by atoms with E-state index < -0.39 is 16.4 Å². The SMILES string of the molecule is CC1(C)CCC23CCC4C5(C)CCC6CC(=O)C(C#N)=CC6(C)C5=CC(=O)C4(OC2=O)C3C1. The number of ether oxygens (including phenoxy) is 1. The number of Topliss-reactive ketones (excluding diaryl/α,β-unsaturated/α-hetero) is 1. The second-order valence-electron chi connectivity index (χ2n) is 13.0. The lowest BCUT2D eigenvalue weighted by molar-refractivity contribution is -0.176. The number of hydrogen-bond acceptors (Lipinski definition) is 5. The van der Waals surface area contributed by atoms with Crippen LogP contribution in [0.3, 0.4) is 0 Å². The summed E-state index contributed by atoms with van der Waals surface area (Å²) < 4.78 is 6.31. The lowest BCUT2D eigenvalue weighted by Gasteiger charge is -2.63. The van der Waals surface area contributed by atoms with Crippen molar-refractivity contribution >= 4 is 17.5 Å².